The molecular formula is C12H17NO3S. The lowest BCUT2D eigenvalue weighted by Gasteiger charge is -2.06. The first-order valence-corrected chi connectivity index (χ1v) is 7.26. The zero-order valence-electron chi connectivity index (χ0n) is 9.85. The Bertz CT molecular complexity index is 454. The number of nitrogens with one attached hydrogen (secondary N) is 1. The summed E-state index contributed by atoms with van der Waals surface area (Å²) in [7, 11) is -3.46. The van der Waals surface area contributed by atoms with Crippen molar-refractivity contribution in [1.82, 2.24) is 4.72 Å². The number of unbranched alkanes of at least 4 members (excludes halogenated alkanes) is 1. The van der Waals surface area contributed by atoms with E-state index in [0.717, 1.165) is 12.0 Å². The van der Waals surface area contributed by atoms with Crippen LogP contribution in [-0.4, -0.2) is 20.1 Å². The van der Waals surface area contributed by atoms with E-state index in [1.165, 1.54) is 0 Å². The number of hydrogen-bond acceptors (Lipinski definition) is 3. The highest BCUT2D eigenvalue weighted by Gasteiger charge is 2.13. The molecule has 0 aliphatic rings. The molecule has 0 saturated heterocycles. The summed E-state index contributed by atoms with van der Waals surface area (Å²) < 4.78 is 25.0. The molecule has 1 aromatic rings. The Hall–Kier alpha value is -1.36. The molecule has 1 amide bonds. The van der Waals surface area contributed by atoms with E-state index in [4.69, 9.17) is 0 Å². The van der Waals surface area contributed by atoms with Crippen molar-refractivity contribution in [3.05, 3.63) is 35.9 Å². The summed E-state index contributed by atoms with van der Waals surface area (Å²) in [4.78, 5) is 11.5. The monoisotopic (exact) mass is 255 g/mol. The van der Waals surface area contributed by atoms with E-state index in [9.17, 15) is 13.2 Å². The van der Waals surface area contributed by atoms with Crippen LogP contribution in [0.5, 0.6) is 0 Å². The highest BCUT2D eigenvalue weighted by molar-refractivity contribution is 7.90. The summed E-state index contributed by atoms with van der Waals surface area (Å²) in [6.45, 7) is 1.90. The first kappa shape index (κ1) is 13.7. The van der Waals surface area contributed by atoms with Crippen molar-refractivity contribution >= 4 is 15.9 Å². The van der Waals surface area contributed by atoms with Crippen LogP contribution in [0.2, 0.25) is 0 Å². The number of carbonyl (C=O) groups excluding carboxylic acids is 1. The predicted octanol–water partition coefficient (Wildman–Crippen LogP) is 1.48. The van der Waals surface area contributed by atoms with Crippen LogP contribution < -0.4 is 4.72 Å². The average molecular weight is 255 g/mol. The van der Waals surface area contributed by atoms with Crippen LogP contribution >= 0.6 is 0 Å². The second-order valence-corrected chi connectivity index (χ2v) is 5.70. The Balaban J connectivity index is 2.50. The second-order valence-electron chi connectivity index (χ2n) is 3.86. The second kappa shape index (κ2) is 6.39. The molecule has 0 heterocycles. The van der Waals surface area contributed by atoms with E-state index in [2.05, 4.69) is 4.72 Å². The van der Waals surface area contributed by atoms with Gasteiger partial charge in [-0.1, -0.05) is 43.7 Å². The molecule has 0 fully saturated rings. The summed E-state index contributed by atoms with van der Waals surface area (Å²) in [6, 6.07) is 9.05. The molecule has 0 atom stereocenters. The lowest BCUT2D eigenvalue weighted by Crippen LogP contribution is -2.33. The number of benzene rings is 1. The van der Waals surface area contributed by atoms with Crippen LogP contribution in [0.1, 0.15) is 25.3 Å². The minimum absolute atomic E-state index is 0.00400. The van der Waals surface area contributed by atoms with Gasteiger partial charge in [0.25, 0.3) is 0 Å². The zero-order chi connectivity index (χ0) is 12.7. The Morgan fingerprint density at radius 2 is 1.88 bits per heavy atom. The molecule has 1 N–H and O–H groups in total. The molecule has 1 aromatic carbocycles. The van der Waals surface area contributed by atoms with Crippen molar-refractivity contribution in [2.75, 3.05) is 5.75 Å². The molecule has 0 aromatic heterocycles. The molecule has 0 radical (unpaired) electrons. The fraction of sp³-hybridized carbons (Fsp3) is 0.417. The van der Waals surface area contributed by atoms with Gasteiger partial charge in [-0.05, 0) is 12.0 Å². The first-order chi connectivity index (χ1) is 8.03. The van der Waals surface area contributed by atoms with Crippen LogP contribution in [-0.2, 0) is 21.2 Å². The van der Waals surface area contributed by atoms with Gasteiger partial charge in [0.05, 0.1) is 12.2 Å². The third-order valence-electron chi connectivity index (χ3n) is 2.24. The molecule has 0 unspecified atom stereocenters. The maximum atomic E-state index is 11.5. The van der Waals surface area contributed by atoms with E-state index in [1.54, 1.807) is 12.1 Å². The van der Waals surface area contributed by atoms with Gasteiger partial charge in [0.2, 0.25) is 15.9 Å². The Morgan fingerprint density at radius 1 is 1.24 bits per heavy atom. The zero-order valence-corrected chi connectivity index (χ0v) is 10.7. The first-order valence-electron chi connectivity index (χ1n) is 5.61. The third kappa shape index (κ3) is 5.49. The summed E-state index contributed by atoms with van der Waals surface area (Å²) >= 11 is 0. The van der Waals surface area contributed by atoms with Gasteiger partial charge in [-0.3, -0.25) is 9.52 Å². The van der Waals surface area contributed by atoms with Crippen molar-refractivity contribution < 1.29 is 13.2 Å². The van der Waals surface area contributed by atoms with Gasteiger partial charge in [-0.2, -0.15) is 0 Å². The Kier molecular flexibility index (Phi) is 5.15. The van der Waals surface area contributed by atoms with Gasteiger partial charge in [0, 0.05) is 0 Å². The third-order valence-corrected chi connectivity index (χ3v) is 3.61. The van der Waals surface area contributed by atoms with E-state index in [0.29, 0.717) is 6.42 Å². The molecule has 0 saturated carbocycles. The lowest BCUT2D eigenvalue weighted by atomic mass is 10.1. The highest BCUT2D eigenvalue weighted by Crippen LogP contribution is 2.00. The van der Waals surface area contributed by atoms with Gasteiger partial charge in [-0.25, -0.2) is 8.42 Å². The molecule has 4 nitrogen and oxygen atoms in total. The molecule has 0 bridgehead atoms. The number of sulfonamides is 1. The van der Waals surface area contributed by atoms with Gasteiger partial charge in [0.1, 0.15) is 0 Å². The normalized spacial score (nSPS) is 11.1. The highest BCUT2D eigenvalue weighted by atomic mass is 32.2. The van der Waals surface area contributed by atoms with Crippen LogP contribution in [0.3, 0.4) is 0 Å². The SMILES string of the molecule is CCCCS(=O)(=O)NC(=O)Cc1ccccc1. The standard InChI is InChI=1S/C12H17NO3S/c1-2-3-9-17(15,16)13-12(14)10-11-7-5-4-6-8-11/h4-8H,2-3,9-10H2,1H3,(H,13,14). The summed E-state index contributed by atoms with van der Waals surface area (Å²) in [6.07, 6.45) is 1.44. The molecule has 1 rings (SSSR count). The number of rotatable bonds is 6. The van der Waals surface area contributed by atoms with E-state index < -0.39 is 15.9 Å². The van der Waals surface area contributed by atoms with Crippen molar-refractivity contribution in [1.29, 1.82) is 0 Å². The fourth-order valence-corrected chi connectivity index (χ4v) is 2.57. The topological polar surface area (TPSA) is 63.2 Å². The lowest BCUT2D eigenvalue weighted by molar-refractivity contribution is -0.118. The quantitative estimate of drug-likeness (QED) is 0.837. The Morgan fingerprint density at radius 3 is 2.47 bits per heavy atom. The minimum Gasteiger partial charge on any atom is -0.274 e. The molecule has 5 heteroatoms. The molecule has 94 valence electrons. The molecule has 17 heavy (non-hydrogen) atoms. The maximum absolute atomic E-state index is 11.5. The number of amides is 1. The van der Waals surface area contributed by atoms with Crippen LogP contribution in [0.15, 0.2) is 30.3 Å². The number of hydrogen-bond donors (Lipinski definition) is 1. The van der Waals surface area contributed by atoms with Crippen molar-refractivity contribution in [2.45, 2.75) is 26.2 Å². The maximum Gasteiger partial charge on any atom is 0.237 e. The van der Waals surface area contributed by atoms with Crippen LogP contribution in [0.4, 0.5) is 0 Å². The smallest absolute Gasteiger partial charge is 0.237 e. The molecule has 0 aliphatic carbocycles. The summed E-state index contributed by atoms with van der Waals surface area (Å²) in [5, 5.41) is 0. The van der Waals surface area contributed by atoms with E-state index in [-0.39, 0.29) is 12.2 Å². The molecule has 0 spiro atoms. The average Bonchev–Trinajstić information content (AvgIpc) is 2.27. The summed E-state index contributed by atoms with van der Waals surface area (Å²) in [5.41, 5.74) is 0.802. The molecular weight excluding hydrogens is 238 g/mol. The fourth-order valence-electron chi connectivity index (χ4n) is 1.38. The molecule has 0 aliphatic heterocycles. The van der Waals surface area contributed by atoms with Crippen molar-refractivity contribution in [3.63, 3.8) is 0 Å². The van der Waals surface area contributed by atoms with E-state index in [1.807, 2.05) is 25.1 Å². The van der Waals surface area contributed by atoms with Crippen molar-refractivity contribution in [3.8, 4) is 0 Å². The van der Waals surface area contributed by atoms with Gasteiger partial charge in [0.15, 0.2) is 0 Å². The van der Waals surface area contributed by atoms with Gasteiger partial charge < -0.3 is 0 Å². The van der Waals surface area contributed by atoms with Crippen LogP contribution in [0.25, 0.3) is 0 Å². The van der Waals surface area contributed by atoms with E-state index >= 15 is 0 Å². The Labute approximate surface area is 102 Å². The predicted molar refractivity (Wildman–Crippen MR) is 67.0 cm³/mol. The summed E-state index contributed by atoms with van der Waals surface area (Å²) in [5.74, 6) is -0.475. The van der Waals surface area contributed by atoms with Gasteiger partial charge >= 0.3 is 0 Å². The minimum atomic E-state index is -3.46. The van der Waals surface area contributed by atoms with Crippen LogP contribution in [0, 0.1) is 0 Å². The van der Waals surface area contributed by atoms with Gasteiger partial charge in [-0.15, -0.1) is 0 Å². The largest absolute Gasteiger partial charge is 0.274 e. The van der Waals surface area contributed by atoms with Crippen molar-refractivity contribution in [2.24, 2.45) is 0 Å². The number of carbonyl (C=O) groups is 1.